The molecule has 3 aromatic rings. The van der Waals surface area contributed by atoms with E-state index >= 15 is 0 Å². The zero-order valence-corrected chi connectivity index (χ0v) is 11.5. The highest BCUT2D eigenvalue weighted by Crippen LogP contribution is 2.19. The van der Waals surface area contributed by atoms with E-state index in [0.29, 0.717) is 22.6 Å². The first-order chi connectivity index (χ1) is 10.2. The van der Waals surface area contributed by atoms with E-state index in [0.717, 1.165) is 0 Å². The van der Waals surface area contributed by atoms with Gasteiger partial charge in [-0.15, -0.1) is 0 Å². The van der Waals surface area contributed by atoms with E-state index in [2.05, 4.69) is 10.3 Å². The third-order valence-electron chi connectivity index (χ3n) is 2.99. The fourth-order valence-electron chi connectivity index (χ4n) is 1.97. The molecule has 6 heteroatoms. The third-order valence-corrected chi connectivity index (χ3v) is 3.25. The lowest BCUT2D eigenvalue weighted by atomic mass is 10.2. The first-order valence-electron chi connectivity index (χ1n) is 6.18. The molecule has 3 rings (SSSR count). The van der Waals surface area contributed by atoms with Crippen molar-refractivity contribution >= 4 is 35.0 Å². The van der Waals surface area contributed by atoms with Crippen LogP contribution in [-0.2, 0) is 0 Å². The number of pyridine rings is 1. The summed E-state index contributed by atoms with van der Waals surface area (Å²) in [6.45, 7) is 0. The smallest absolute Gasteiger partial charge is 0.270 e. The molecule has 0 fully saturated rings. The van der Waals surface area contributed by atoms with Gasteiger partial charge in [0.25, 0.3) is 5.56 Å². The number of rotatable bonds is 3. The van der Waals surface area contributed by atoms with Crippen molar-refractivity contribution < 1.29 is 4.79 Å². The highest BCUT2D eigenvalue weighted by atomic mass is 35.5. The number of nitrogens with zero attached hydrogens (tertiary/aromatic N) is 2. The van der Waals surface area contributed by atoms with Gasteiger partial charge < -0.3 is 5.32 Å². The summed E-state index contributed by atoms with van der Waals surface area (Å²) in [6, 6.07) is 12.1. The number of aldehydes is 1. The minimum Gasteiger partial charge on any atom is -0.339 e. The molecule has 0 aliphatic rings. The highest BCUT2D eigenvalue weighted by Gasteiger charge is 2.12. The number of hydrogen-bond donors (Lipinski definition) is 1. The normalized spacial score (nSPS) is 10.5. The summed E-state index contributed by atoms with van der Waals surface area (Å²) in [5.41, 5.74) is 0.722. The zero-order chi connectivity index (χ0) is 14.8. The Balaban J connectivity index is 2.15. The van der Waals surface area contributed by atoms with Crippen molar-refractivity contribution in [2.45, 2.75) is 0 Å². The van der Waals surface area contributed by atoms with Crippen LogP contribution in [0.15, 0.2) is 53.5 Å². The number of anilines is 2. The predicted octanol–water partition coefficient (Wildman–Crippen LogP) is 2.90. The van der Waals surface area contributed by atoms with Gasteiger partial charge in [0, 0.05) is 16.9 Å². The topological polar surface area (TPSA) is 63.5 Å². The largest absolute Gasteiger partial charge is 0.339 e. The van der Waals surface area contributed by atoms with E-state index in [1.54, 1.807) is 48.7 Å². The molecule has 0 unspecified atom stereocenters. The minimum absolute atomic E-state index is 0.0198. The van der Waals surface area contributed by atoms with E-state index < -0.39 is 5.56 Å². The van der Waals surface area contributed by atoms with Crippen LogP contribution in [0.3, 0.4) is 0 Å². The summed E-state index contributed by atoms with van der Waals surface area (Å²) >= 11 is 5.82. The van der Waals surface area contributed by atoms with Gasteiger partial charge in [-0.1, -0.05) is 17.7 Å². The zero-order valence-electron chi connectivity index (χ0n) is 10.8. The van der Waals surface area contributed by atoms with Crippen LogP contribution in [0.1, 0.15) is 10.4 Å². The molecule has 2 heterocycles. The summed E-state index contributed by atoms with van der Waals surface area (Å²) in [5.74, 6) is 0.225. The van der Waals surface area contributed by atoms with Crippen LogP contribution in [0.2, 0.25) is 5.02 Å². The number of hydrogen-bond acceptors (Lipinski definition) is 4. The van der Waals surface area contributed by atoms with Crippen molar-refractivity contribution in [2.75, 3.05) is 5.32 Å². The van der Waals surface area contributed by atoms with Crippen LogP contribution < -0.4 is 10.9 Å². The Morgan fingerprint density at radius 2 is 1.90 bits per heavy atom. The quantitative estimate of drug-likeness (QED) is 0.755. The van der Waals surface area contributed by atoms with Gasteiger partial charge in [-0.25, -0.2) is 4.98 Å². The van der Waals surface area contributed by atoms with E-state index in [1.165, 1.54) is 4.40 Å². The molecule has 21 heavy (non-hydrogen) atoms. The Labute approximate surface area is 124 Å². The van der Waals surface area contributed by atoms with Crippen molar-refractivity contribution in [1.29, 1.82) is 0 Å². The number of carbonyl (C=O) groups excluding carboxylic acids is 1. The van der Waals surface area contributed by atoms with Crippen LogP contribution >= 0.6 is 11.6 Å². The minimum atomic E-state index is -0.410. The second-order valence-corrected chi connectivity index (χ2v) is 4.79. The Morgan fingerprint density at radius 1 is 1.14 bits per heavy atom. The molecule has 0 aliphatic heterocycles. The Hall–Kier alpha value is -2.66. The average molecular weight is 300 g/mol. The lowest BCUT2D eigenvalue weighted by Gasteiger charge is -2.09. The third kappa shape index (κ3) is 2.51. The fourth-order valence-corrected chi connectivity index (χ4v) is 2.10. The van der Waals surface area contributed by atoms with Crippen molar-refractivity contribution in [3.8, 4) is 0 Å². The summed E-state index contributed by atoms with van der Waals surface area (Å²) in [4.78, 5) is 27.8. The van der Waals surface area contributed by atoms with Gasteiger partial charge in [0.2, 0.25) is 0 Å². The highest BCUT2D eigenvalue weighted by molar-refractivity contribution is 6.30. The molecular formula is C15H10ClN3O2. The van der Waals surface area contributed by atoms with Crippen molar-refractivity contribution in [1.82, 2.24) is 9.38 Å². The second kappa shape index (κ2) is 5.38. The summed E-state index contributed by atoms with van der Waals surface area (Å²) in [6.07, 6.45) is 2.08. The van der Waals surface area contributed by atoms with Crippen LogP contribution in [0.25, 0.3) is 5.65 Å². The first kappa shape index (κ1) is 13.3. The molecule has 2 aromatic heterocycles. The number of benzene rings is 1. The maximum atomic E-state index is 12.3. The summed E-state index contributed by atoms with van der Waals surface area (Å²) < 4.78 is 1.33. The summed E-state index contributed by atoms with van der Waals surface area (Å²) in [7, 11) is 0. The Bertz CT molecular complexity index is 872. The van der Waals surface area contributed by atoms with E-state index in [4.69, 9.17) is 11.6 Å². The second-order valence-electron chi connectivity index (χ2n) is 4.36. The molecule has 1 N–H and O–H groups in total. The monoisotopic (exact) mass is 299 g/mol. The number of fused-ring (bicyclic) bond motifs is 1. The van der Waals surface area contributed by atoms with Gasteiger partial charge in [0.05, 0.1) is 0 Å². The number of halogens is 1. The van der Waals surface area contributed by atoms with E-state index in [-0.39, 0.29) is 11.4 Å². The van der Waals surface area contributed by atoms with Crippen molar-refractivity contribution in [3.05, 3.63) is 69.6 Å². The predicted molar refractivity (Wildman–Crippen MR) is 81.6 cm³/mol. The van der Waals surface area contributed by atoms with Crippen LogP contribution in [0.4, 0.5) is 11.5 Å². The van der Waals surface area contributed by atoms with Gasteiger partial charge in [-0.05, 0) is 36.4 Å². The number of aromatic nitrogens is 2. The van der Waals surface area contributed by atoms with Crippen LogP contribution in [-0.4, -0.2) is 15.7 Å². The van der Waals surface area contributed by atoms with Gasteiger partial charge in [-0.2, -0.15) is 0 Å². The van der Waals surface area contributed by atoms with Gasteiger partial charge in [0.1, 0.15) is 17.0 Å². The Kier molecular flexibility index (Phi) is 3.41. The van der Waals surface area contributed by atoms with Crippen molar-refractivity contribution in [2.24, 2.45) is 0 Å². The van der Waals surface area contributed by atoms with Gasteiger partial charge in [-0.3, -0.25) is 14.0 Å². The molecule has 5 nitrogen and oxygen atoms in total. The molecular weight excluding hydrogens is 290 g/mol. The van der Waals surface area contributed by atoms with E-state index in [9.17, 15) is 9.59 Å². The molecule has 0 radical (unpaired) electrons. The maximum Gasteiger partial charge on any atom is 0.270 e. The summed E-state index contributed by atoms with van der Waals surface area (Å²) in [5, 5.41) is 3.57. The lowest BCUT2D eigenvalue weighted by molar-refractivity contribution is 0.112. The molecule has 1 aromatic carbocycles. The fraction of sp³-hybridized carbons (Fsp3) is 0. The molecule has 104 valence electrons. The molecule has 0 bridgehead atoms. The maximum absolute atomic E-state index is 12.3. The van der Waals surface area contributed by atoms with Crippen LogP contribution in [0.5, 0.6) is 0 Å². The number of nitrogens with one attached hydrogen (secondary N) is 1. The molecule has 0 aliphatic carbocycles. The lowest BCUT2D eigenvalue weighted by Crippen LogP contribution is -2.21. The van der Waals surface area contributed by atoms with Gasteiger partial charge in [0.15, 0.2) is 6.29 Å². The SMILES string of the molecule is O=Cc1c(Nc2ccc(Cl)cc2)nc2ccccn2c1=O. The van der Waals surface area contributed by atoms with Gasteiger partial charge >= 0.3 is 0 Å². The molecule has 0 spiro atoms. The Morgan fingerprint density at radius 3 is 2.62 bits per heavy atom. The van der Waals surface area contributed by atoms with E-state index in [1.807, 2.05) is 0 Å². The van der Waals surface area contributed by atoms with Crippen molar-refractivity contribution in [3.63, 3.8) is 0 Å². The molecule has 0 saturated carbocycles. The molecule has 0 amide bonds. The standard InChI is InChI=1S/C15H10ClN3O2/c16-10-4-6-11(7-5-10)17-14-12(9-20)15(21)19-8-2-1-3-13(19)18-14/h1-9,17H. The average Bonchev–Trinajstić information content (AvgIpc) is 2.50. The number of carbonyl (C=O) groups is 1. The molecule has 0 atom stereocenters. The molecule has 0 saturated heterocycles. The van der Waals surface area contributed by atoms with Crippen LogP contribution in [0, 0.1) is 0 Å². The first-order valence-corrected chi connectivity index (χ1v) is 6.56.